The lowest BCUT2D eigenvalue weighted by Crippen LogP contribution is -2.37. The van der Waals surface area contributed by atoms with E-state index in [2.05, 4.69) is 39.9 Å². The highest BCUT2D eigenvalue weighted by Crippen LogP contribution is 2.07. The number of nitrogens with zero attached hydrogens (tertiary/aromatic N) is 1. The molecule has 5 nitrogen and oxygen atoms in total. The first-order valence-electron chi connectivity index (χ1n) is 7.78. The van der Waals surface area contributed by atoms with Crippen LogP contribution in [0.2, 0.25) is 0 Å². The van der Waals surface area contributed by atoms with Crippen molar-refractivity contribution in [2.24, 2.45) is 4.99 Å². The first-order chi connectivity index (χ1) is 10.7. The van der Waals surface area contributed by atoms with Gasteiger partial charge < -0.3 is 20.1 Å². The maximum Gasteiger partial charge on any atom is 0.191 e. The molecule has 0 heterocycles. The zero-order valence-corrected chi connectivity index (χ0v) is 14.2. The summed E-state index contributed by atoms with van der Waals surface area (Å²) in [5.74, 6) is 0.809. The second-order valence-electron chi connectivity index (χ2n) is 5.38. The van der Waals surface area contributed by atoms with Gasteiger partial charge in [0, 0.05) is 33.9 Å². The molecule has 1 aromatic carbocycles. The smallest absolute Gasteiger partial charge is 0.191 e. The van der Waals surface area contributed by atoms with Gasteiger partial charge in [-0.15, -0.1) is 0 Å². The summed E-state index contributed by atoms with van der Waals surface area (Å²) in [6.45, 7) is 7.10. The fourth-order valence-corrected chi connectivity index (χ4v) is 1.85. The van der Waals surface area contributed by atoms with Crippen molar-refractivity contribution >= 4 is 5.96 Å². The molecule has 2 N–H and O–H groups in total. The van der Waals surface area contributed by atoms with E-state index >= 15 is 0 Å². The number of aliphatic imine (C=N–C) groups is 1. The van der Waals surface area contributed by atoms with Crippen molar-refractivity contribution in [3.63, 3.8) is 0 Å². The van der Waals surface area contributed by atoms with Gasteiger partial charge in [-0.25, -0.2) is 0 Å². The topological polar surface area (TPSA) is 54.9 Å². The minimum Gasteiger partial charge on any atom is -0.385 e. The lowest BCUT2D eigenvalue weighted by molar-refractivity contribution is 0.0657. The Labute approximate surface area is 134 Å². The molecule has 5 heteroatoms. The van der Waals surface area contributed by atoms with Crippen LogP contribution < -0.4 is 10.6 Å². The Hall–Kier alpha value is -1.59. The van der Waals surface area contributed by atoms with E-state index in [0.717, 1.165) is 32.1 Å². The van der Waals surface area contributed by atoms with Gasteiger partial charge in [-0.2, -0.15) is 0 Å². The number of hydrogen-bond donors (Lipinski definition) is 2. The van der Waals surface area contributed by atoms with E-state index in [9.17, 15) is 0 Å². The van der Waals surface area contributed by atoms with Crippen LogP contribution in [-0.2, 0) is 22.6 Å². The molecule has 1 rings (SSSR count). The molecule has 0 spiro atoms. The van der Waals surface area contributed by atoms with Crippen molar-refractivity contribution in [1.29, 1.82) is 0 Å². The fourth-order valence-electron chi connectivity index (χ4n) is 1.85. The Morgan fingerprint density at radius 3 is 2.41 bits per heavy atom. The number of nitrogens with one attached hydrogen (secondary N) is 2. The van der Waals surface area contributed by atoms with Gasteiger partial charge in [-0.1, -0.05) is 24.3 Å². The highest BCUT2D eigenvalue weighted by atomic mass is 16.5. The van der Waals surface area contributed by atoms with Crippen LogP contribution in [0, 0.1) is 0 Å². The molecule has 0 fully saturated rings. The largest absolute Gasteiger partial charge is 0.385 e. The summed E-state index contributed by atoms with van der Waals surface area (Å²) in [4.78, 5) is 4.20. The Bertz CT molecular complexity index is 430. The van der Waals surface area contributed by atoms with Gasteiger partial charge in [0.25, 0.3) is 0 Å². The average molecular weight is 307 g/mol. The Kier molecular flexibility index (Phi) is 9.26. The molecule has 1 aromatic rings. The van der Waals surface area contributed by atoms with Gasteiger partial charge >= 0.3 is 0 Å². The van der Waals surface area contributed by atoms with Crippen LogP contribution in [0.4, 0.5) is 0 Å². The Morgan fingerprint density at radius 2 is 1.82 bits per heavy atom. The molecule has 0 aliphatic rings. The fraction of sp³-hybridized carbons (Fsp3) is 0.588. The molecule has 0 atom stereocenters. The zero-order chi connectivity index (χ0) is 16.2. The van der Waals surface area contributed by atoms with Gasteiger partial charge in [0.1, 0.15) is 0 Å². The van der Waals surface area contributed by atoms with E-state index < -0.39 is 0 Å². The highest BCUT2D eigenvalue weighted by molar-refractivity contribution is 5.79. The van der Waals surface area contributed by atoms with E-state index in [0.29, 0.717) is 6.61 Å². The van der Waals surface area contributed by atoms with Gasteiger partial charge in [0.05, 0.1) is 12.7 Å². The molecule has 0 aromatic heterocycles. The first-order valence-corrected chi connectivity index (χ1v) is 7.78. The number of methoxy groups -OCH3 is 1. The van der Waals surface area contributed by atoms with Crippen molar-refractivity contribution in [2.75, 3.05) is 27.3 Å². The summed E-state index contributed by atoms with van der Waals surface area (Å²) in [7, 11) is 3.49. The van der Waals surface area contributed by atoms with E-state index in [4.69, 9.17) is 9.47 Å². The molecular formula is C17H29N3O2. The van der Waals surface area contributed by atoms with E-state index in [-0.39, 0.29) is 6.10 Å². The van der Waals surface area contributed by atoms with Crippen LogP contribution in [-0.4, -0.2) is 39.4 Å². The molecule has 0 saturated heterocycles. The van der Waals surface area contributed by atoms with Gasteiger partial charge in [0.15, 0.2) is 5.96 Å². The summed E-state index contributed by atoms with van der Waals surface area (Å²) in [5, 5.41) is 6.56. The maximum atomic E-state index is 5.59. The van der Waals surface area contributed by atoms with Crippen LogP contribution in [0.1, 0.15) is 31.4 Å². The number of rotatable bonds is 9. The summed E-state index contributed by atoms with van der Waals surface area (Å²) >= 11 is 0. The monoisotopic (exact) mass is 307 g/mol. The predicted molar refractivity (Wildman–Crippen MR) is 91.1 cm³/mol. The van der Waals surface area contributed by atoms with Crippen molar-refractivity contribution in [3.05, 3.63) is 35.4 Å². The normalized spacial score (nSPS) is 11.8. The molecular weight excluding hydrogens is 278 g/mol. The molecule has 0 aliphatic carbocycles. The van der Waals surface area contributed by atoms with Gasteiger partial charge in [-0.3, -0.25) is 4.99 Å². The maximum absolute atomic E-state index is 5.59. The average Bonchev–Trinajstić information content (AvgIpc) is 2.53. The number of hydrogen-bond acceptors (Lipinski definition) is 3. The molecule has 0 radical (unpaired) electrons. The Balaban J connectivity index is 2.33. The van der Waals surface area contributed by atoms with Crippen molar-refractivity contribution in [3.8, 4) is 0 Å². The van der Waals surface area contributed by atoms with Crippen molar-refractivity contribution < 1.29 is 9.47 Å². The third kappa shape index (κ3) is 8.00. The van der Waals surface area contributed by atoms with E-state index in [1.165, 1.54) is 11.1 Å². The second kappa shape index (κ2) is 11.0. The second-order valence-corrected chi connectivity index (χ2v) is 5.38. The molecule has 124 valence electrons. The Morgan fingerprint density at radius 1 is 1.14 bits per heavy atom. The molecule has 0 bridgehead atoms. The number of guanidine groups is 1. The predicted octanol–water partition coefficient (Wildman–Crippen LogP) is 2.31. The van der Waals surface area contributed by atoms with Crippen LogP contribution in [0.5, 0.6) is 0 Å². The summed E-state index contributed by atoms with van der Waals surface area (Å²) in [6, 6.07) is 8.44. The molecule has 0 aliphatic heterocycles. The highest BCUT2D eigenvalue weighted by Gasteiger charge is 2.00. The summed E-state index contributed by atoms with van der Waals surface area (Å²) in [5.41, 5.74) is 2.41. The number of benzene rings is 1. The lowest BCUT2D eigenvalue weighted by atomic mass is 10.1. The van der Waals surface area contributed by atoms with E-state index in [1.807, 2.05) is 13.8 Å². The minimum absolute atomic E-state index is 0.258. The van der Waals surface area contributed by atoms with Crippen LogP contribution in [0.25, 0.3) is 0 Å². The SMILES string of the molecule is CN=C(NCCCOC)NCc1ccc(COC(C)C)cc1. The molecule has 0 unspecified atom stereocenters. The standard InChI is InChI=1S/C17H29N3O2/c1-14(2)22-13-16-8-6-15(7-9-16)12-20-17(18-3)19-10-5-11-21-4/h6-9,14H,5,10-13H2,1-4H3,(H2,18,19,20). The summed E-state index contributed by atoms with van der Waals surface area (Å²) < 4.78 is 10.6. The van der Waals surface area contributed by atoms with Crippen molar-refractivity contribution in [2.45, 2.75) is 39.5 Å². The molecule has 22 heavy (non-hydrogen) atoms. The van der Waals surface area contributed by atoms with Crippen molar-refractivity contribution in [1.82, 2.24) is 10.6 Å². The first kappa shape index (κ1) is 18.5. The molecule has 0 saturated carbocycles. The van der Waals surface area contributed by atoms with Gasteiger partial charge in [-0.05, 0) is 31.4 Å². The minimum atomic E-state index is 0.258. The summed E-state index contributed by atoms with van der Waals surface area (Å²) in [6.07, 6.45) is 1.22. The quantitative estimate of drug-likeness (QED) is 0.418. The lowest BCUT2D eigenvalue weighted by Gasteiger charge is -2.12. The third-order valence-electron chi connectivity index (χ3n) is 3.11. The zero-order valence-electron chi connectivity index (χ0n) is 14.2. The van der Waals surface area contributed by atoms with Crippen LogP contribution in [0.3, 0.4) is 0 Å². The number of ether oxygens (including phenoxy) is 2. The van der Waals surface area contributed by atoms with E-state index in [1.54, 1.807) is 14.2 Å². The third-order valence-corrected chi connectivity index (χ3v) is 3.11. The van der Waals surface area contributed by atoms with Crippen LogP contribution >= 0.6 is 0 Å². The molecule has 0 amide bonds. The van der Waals surface area contributed by atoms with Gasteiger partial charge in [0.2, 0.25) is 0 Å². The van der Waals surface area contributed by atoms with Crippen LogP contribution in [0.15, 0.2) is 29.3 Å².